The van der Waals surface area contributed by atoms with Crippen molar-refractivity contribution in [1.82, 2.24) is 10.4 Å². The second-order valence-electron chi connectivity index (χ2n) is 8.60. The fourth-order valence-corrected chi connectivity index (χ4v) is 7.16. The maximum atomic E-state index is 11.9. The van der Waals surface area contributed by atoms with E-state index in [1.165, 1.54) is 11.3 Å². The predicted molar refractivity (Wildman–Crippen MR) is 117 cm³/mol. The number of carbonyl (C=O) groups excluding carboxylic acids is 1. The van der Waals surface area contributed by atoms with Crippen molar-refractivity contribution in [1.29, 1.82) is 0 Å². The minimum absolute atomic E-state index is 0.00234. The lowest BCUT2D eigenvalue weighted by Gasteiger charge is -2.47. The number of thioether (sulfide) groups is 1. The Morgan fingerprint density at radius 2 is 2.22 bits per heavy atom. The fraction of sp³-hybridized carbons (Fsp3) is 0.579. The Bertz CT molecular complexity index is 813. The van der Waals surface area contributed by atoms with Crippen molar-refractivity contribution in [3.8, 4) is 0 Å². The van der Waals surface area contributed by atoms with Gasteiger partial charge in [0.15, 0.2) is 0 Å². The van der Waals surface area contributed by atoms with Gasteiger partial charge in [0, 0.05) is 34.9 Å². The summed E-state index contributed by atoms with van der Waals surface area (Å²) in [5, 5.41) is 5.32. The zero-order chi connectivity index (χ0) is 19.4. The normalized spacial score (nSPS) is 30.2. The molecule has 0 radical (unpaired) electrons. The highest BCUT2D eigenvalue weighted by Gasteiger charge is 2.55. The van der Waals surface area contributed by atoms with Crippen LogP contribution < -0.4 is 5.32 Å². The molecule has 4 rings (SSSR count). The fourth-order valence-electron chi connectivity index (χ4n) is 4.45. The maximum Gasteiger partial charge on any atom is 0.217 e. The van der Waals surface area contributed by atoms with Gasteiger partial charge in [-0.15, -0.1) is 0 Å². The van der Waals surface area contributed by atoms with Crippen molar-refractivity contribution >= 4 is 53.3 Å². The number of hydrogen-bond donors (Lipinski definition) is 1. The van der Waals surface area contributed by atoms with E-state index in [4.69, 9.17) is 9.52 Å². The first-order valence-corrected chi connectivity index (χ1v) is 14.7. The number of nitrogens with one attached hydrogen (secondary N) is 1. The van der Waals surface area contributed by atoms with E-state index in [0.717, 1.165) is 34.6 Å². The molecule has 5 nitrogen and oxygen atoms in total. The molecule has 8 heteroatoms. The van der Waals surface area contributed by atoms with Gasteiger partial charge in [0.05, 0.1) is 23.5 Å². The molecule has 2 bridgehead atoms. The number of fused-ring (bicyclic) bond motifs is 1. The van der Waals surface area contributed by atoms with E-state index >= 15 is 0 Å². The van der Waals surface area contributed by atoms with Gasteiger partial charge < -0.3 is 9.84 Å². The molecule has 3 aliphatic rings. The van der Waals surface area contributed by atoms with Crippen LogP contribution in [0.15, 0.2) is 27.7 Å². The molecule has 1 amide bonds. The zero-order valence-electron chi connectivity index (χ0n) is 16.2. The third kappa shape index (κ3) is 3.55. The summed E-state index contributed by atoms with van der Waals surface area (Å²) in [6.45, 7) is 9.07. The Balaban J connectivity index is 1.81. The van der Waals surface area contributed by atoms with Crippen LogP contribution in [0.2, 0.25) is 19.6 Å². The lowest BCUT2D eigenvalue weighted by molar-refractivity contribution is -0.123. The van der Waals surface area contributed by atoms with Gasteiger partial charge in [-0.1, -0.05) is 15.9 Å². The molecule has 1 aromatic carbocycles. The van der Waals surface area contributed by atoms with Crippen molar-refractivity contribution < 1.29 is 9.32 Å². The van der Waals surface area contributed by atoms with Crippen molar-refractivity contribution in [2.45, 2.75) is 50.5 Å². The highest BCUT2D eigenvalue weighted by molar-refractivity contribution is 9.10. The summed E-state index contributed by atoms with van der Waals surface area (Å²) in [5.74, 6) is 1.88. The second-order valence-corrected chi connectivity index (χ2v) is 15.0. The number of amides is 1. The monoisotopic (exact) mass is 467 g/mol. The van der Waals surface area contributed by atoms with Gasteiger partial charge in [-0.05, 0) is 49.8 Å². The Morgan fingerprint density at radius 3 is 2.93 bits per heavy atom. The summed E-state index contributed by atoms with van der Waals surface area (Å²) in [6, 6.07) is 6.38. The van der Waals surface area contributed by atoms with Crippen LogP contribution in [0, 0.1) is 0 Å². The van der Waals surface area contributed by atoms with Crippen molar-refractivity contribution in [3.05, 3.63) is 28.2 Å². The molecule has 0 spiro atoms. The first kappa shape index (κ1) is 19.6. The minimum Gasteiger partial charge on any atom is -0.351 e. The number of rotatable bonds is 3. The van der Waals surface area contributed by atoms with E-state index in [1.807, 2.05) is 11.8 Å². The van der Waals surface area contributed by atoms with E-state index in [1.54, 1.807) is 6.92 Å². The van der Waals surface area contributed by atoms with E-state index in [9.17, 15) is 4.79 Å². The highest BCUT2D eigenvalue weighted by Crippen LogP contribution is 2.51. The first-order chi connectivity index (χ1) is 12.7. The number of hydrogen-bond acceptors (Lipinski definition) is 5. The number of carbonyl (C=O) groups is 1. The molecule has 3 unspecified atom stereocenters. The molecule has 2 saturated heterocycles. The summed E-state index contributed by atoms with van der Waals surface area (Å²) in [4.78, 5) is 17.0. The van der Waals surface area contributed by atoms with Gasteiger partial charge in [0.2, 0.25) is 14.2 Å². The smallest absolute Gasteiger partial charge is 0.217 e. The Morgan fingerprint density at radius 1 is 1.44 bits per heavy atom. The van der Waals surface area contributed by atoms with Gasteiger partial charge in [-0.25, -0.2) is 0 Å². The van der Waals surface area contributed by atoms with Gasteiger partial charge in [0.25, 0.3) is 0 Å². The van der Waals surface area contributed by atoms with Gasteiger partial charge in [-0.2, -0.15) is 16.8 Å². The molecule has 3 heterocycles. The standard InChI is InChI=1S/C19H26BrN3O2SSi/c1-12(24)21-16-10-26-11-19-7-8-23(25-27(2,3)4)17(16)18(19)22-15-6-5-13(20)9-14(15)19/h5-6,9,16-17H,7-8,10-11H2,1-4H3,(H,21,24). The van der Waals surface area contributed by atoms with E-state index < -0.39 is 8.32 Å². The Kier molecular flexibility index (Phi) is 5.08. The molecule has 146 valence electrons. The van der Waals surface area contributed by atoms with Crippen molar-refractivity contribution in [2.75, 3.05) is 18.1 Å². The third-order valence-corrected chi connectivity index (χ3v) is 7.93. The maximum absolute atomic E-state index is 11.9. The quantitative estimate of drug-likeness (QED) is 0.685. The molecule has 0 saturated carbocycles. The Labute approximate surface area is 174 Å². The summed E-state index contributed by atoms with van der Waals surface area (Å²) in [6.07, 6.45) is 0.996. The number of nitrogens with zero attached hydrogens (tertiary/aromatic N) is 2. The summed E-state index contributed by atoms with van der Waals surface area (Å²) in [5.41, 5.74) is 3.50. The first-order valence-electron chi connectivity index (χ1n) is 9.39. The molecule has 27 heavy (non-hydrogen) atoms. The van der Waals surface area contributed by atoms with Crippen LogP contribution in [-0.4, -0.2) is 55.1 Å². The molecule has 3 atom stereocenters. The van der Waals surface area contributed by atoms with Gasteiger partial charge >= 0.3 is 0 Å². The number of hydroxylamine groups is 2. The average molecular weight is 468 g/mol. The van der Waals surface area contributed by atoms with Crippen LogP contribution >= 0.6 is 27.7 Å². The van der Waals surface area contributed by atoms with Crippen molar-refractivity contribution in [2.24, 2.45) is 4.99 Å². The molecular weight excluding hydrogens is 442 g/mol. The molecule has 1 aromatic rings. The lowest BCUT2D eigenvalue weighted by atomic mass is 9.71. The largest absolute Gasteiger partial charge is 0.351 e. The molecule has 3 aliphatic heterocycles. The van der Waals surface area contributed by atoms with E-state index in [-0.39, 0.29) is 23.4 Å². The molecule has 0 aliphatic carbocycles. The van der Waals surface area contributed by atoms with Crippen LogP contribution in [0.5, 0.6) is 0 Å². The van der Waals surface area contributed by atoms with Crippen LogP contribution in [0.1, 0.15) is 18.9 Å². The van der Waals surface area contributed by atoms with E-state index in [0.29, 0.717) is 0 Å². The summed E-state index contributed by atoms with van der Waals surface area (Å²) >= 11 is 5.56. The van der Waals surface area contributed by atoms with Crippen molar-refractivity contribution in [3.63, 3.8) is 0 Å². The molecule has 2 fully saturated rings. The van der Waals surface area contributed by atoms with Crippen LogP contribution in [-0.2, 0) is 14.7 Å². The average Bonchev–Trinajstić information content (AvgIpc) is 2.81. The summed E-state index contributed by atoms with van der Waals surface area (Å²) in [7, 11) is -1.78. The topological polar surface area (TPSA) is 53.9 Å². The van der Waals surface area contributed by atoms with Crippen LogP contribution in [0.4, 0.5) is 5.69 Å². The number of aliphatic imine (C=N–C) groups is 1. The van der Waals surface area contributed by atoms with Crippen LogP contribution in [0.3, 0.4) is 0 Å². The minimum atomic E-state index is -1.78. The molecule has 1 N–H and O–H groups in total. The van der Waals surface area contributed by atoms with Crippen LogP contribution in [0.25, 0.3) is 0 Å². The Hall–Kier alpha value is -0.673. The third-order valence-electron chi connectivity index (χ3n) is 5.36. The summed E-state index contributed by atoms with van der Waals surface area (Å²) < 4.78 is 7.58. The molecule has 0 aromatic heterocycles. The SMILES string of the molecule is CC(=O)NC1CSCC23CCN(O[Si](C)(C)C)C1C2=Nc1ccc(Br)cc13. The highest BCUT2D eigenvalue weighted by atomic mass is 79.9. The second kappa shape index (κ2) is 6.98. The number of piperidine rings is 1. The predicted octanol–water partition coefficient (Wildman–Crippen LogP) is 3.87. The lowest BCUT2D eigenvalue weighted by Crippen LogP contribution is -2.64. The number of benzene rings is 1. The zero-order valence-corrected chi connectivity index (χ0v) is 19.6. The van der Waals surface area contributed by atoms with Gasteiger partial charge in [0.1, 0.15) is 0 Å². The van der Waals surface area contributed by atoms with E-state index in [2.05, 4.69) is 64.2 Å². The molecular formula is C19H26BrN3O2SSi. The number of halogens is 1. The van der Waals surface area contributed by atoms with Gasteiger partial charge in [-0.3, -0.25) is 9.79 Å².